The highest BCUT2D eigenvalue weighted by Gasteiger charge is 2.44. The third-order valence-corrected chi connectivity index (χ3v) is 4.85. The van der Waals surface area contributed by atoms with Gasteiger partial charge < -0.3 is 10.1 Å². The van der Waals surface area contributed by atoms with Crippen LogP contribution in [0.3, 0.4) is 0 Å². The minimum atomic E-state index is -0.911. The SMILES string of the molecule is CC(C)N1CCO[C@@](Cc2ccccn2)(C(=O)NCc2ccccc2)C1. The number of benzene rings is 1. The van der Waals surface area contributed by atoms with Crippen LogP contribution in [0.2, 0.25) is 0 Å². The van der Waals surface area contributed by atoms with Crippen molar-refractivity contribution in [2.75, 3.05) is 19.7 Å². The molecule has 0 bridgehead atoms. The Kier molecular flexibility index (Phi) is 6.01. The summed E-state index contributed by atoms with van der Waals surface area (Å²) in [7, 11) is 0. The van der Waals surface area contributed by atoms with Crippen LogP contribution in [0, 0.1) is 0 Å². The number of hydrogen-bond donors (Lipinski definition) is 1. The normalized spacial score (nSPS) is 20.9. The molecule has 2 heterocycles. The largest absolute Gasteiger partial charge is 0.362 e. The van der Waals surface area contributed by atoms with Gasteiger partial charge in [-0.2, -0.15) is 0 Å². The number of morpholine rings is 1. The molecule has 0 spiro atoms. The van der Waals surface area contributed by atoms with Gasteiger partial charge in [0.2, 0.25) is 0 Å². The summed E-state index contributed by atoms with van der Waals surface area (Å²) in [6.07, 6.45) is 2.23. The van der Waals surface area contributed by atoms with Crippen LogP contribution >= 0.6 is 0 Å². The van der Waals surface area contributed by atoms with Crippen molar-refractivity contribution < 1.29 is 9.53 Å². The lowest BCUT2D eigenvalue weighted by molar-refractivity contribution is -0.162. The predicted octanol–water partition coefficient (Wildman–Crippen LogP) is 2.42. The first kappa shape index (κ1) is 18.5. The fourth-order valence-corrected chi connectivity index (χ4v) is 3.31. The minimum Gasteiger partial charge on any atom is -0.362 e. The molecule has 0 aliphatic carbocycles. The summed E-state index contributed by atoms with van der Waals surface area (Å²) in [5.41, 5.74) is 1.03. The standard InChI is InChI=1S/C21H27N3O2/c1-17(2)24-12-13-26-21(16-24,14-19-10-6-7-11-22-19)20(25)23-15-18-8-4-3-5-9-18/h3-11,17H,12-16H2,1-2H3,(H,23,25)/t21-/m1/s1. The summed E-state index contributed by atoms with van der Waals surface area (Å²) >= 11 is 0. The molecule has 1 atom stereocenters. The van der Waals surface area contributed by atoms with E-state index in [1.807, 2.05) is 48.5 Å². The van der Waals surface area contributed by atoms with Gasteiger partial charge in [-0.15, -0.1) is 0 Å². The molecule has 26 heavy (non-hydrogen) atoms. The Hall–Kier alpha value is -2.24. The van der Waals surface area contributed by atoms with Crippen LogP contribution in [-0.4, -0.2) is 47.1 Å². The lowest BCUT2D eigenvalue weighted by atomic mass is 9.92. The first-order chi connectivity index (χ1) is 12.6. The summed E-state index contributed by atoms with van der Waals surface area (Å²) in [5.74, 6) is -0.0719. The number of rotatable bonds is 6. The van der Waals surface area contributed by atoms with Crippen molar-refractivity contribution in [3.63, 3.8) is 0 Å². The van der Waals surface area contributed by atoms with Gasteiger partial charge in [-0.1, -0.05) is 36.4 Å². The van der Waals surface area contributed by atoms with Crippen molar-refractivity contribution in [1.29, 1.82) is 0 Å². The summed E-state index contributed by atoms with van der Waals surface area (Å²) in [6, 6.07) is 16.1. The van der Waals surface area contributed by atoms with E-state index in [9.17, 15) is 4.79 Å². The van der Waals surface area contributed by atoms with Gasteiger partial charge in [0.1, 0.15) is 0 Å². The molecule has 1 aliphatic heterocycles. The molecular weight excluding hydrogens is 326 g/mol. The van der Waals surface area contributed by atoms with Crippen LogP contribution in [-0.2, 0) is 22.5 Å². The van der Waals surface area contributed by atoms with E-state index >= 15 is 0 Å². The van der Waals surface area contributed by atoms with Crippen LogP contribution in [0.5, 0.6) is 0 Å². The van der Waals surface area contributed by atoms with Crippen molar-refractivity contribution in [3.8, 4) is 0 Å². The second-order valence-corrected chi connectivity index (χ2v) is 7.07. The van der Waals surface area contributed by atoms with E-state index in [-0.39, 0.29) is 5.91 Å². The molecule has 1 amide bonds. The second kappa shape index (κ2) is 8.43. The molecule has 1 N–H and O–H groups in total. The highest BCUT2D eigenvalue weighted by Crippen LogP contribution is 2.24. The van der Waals surface area contributed by atoms with Gasteiger partial charge in [0.05, 0.1) is 6.61 Å². The van der Waals surface area contributed by atoms with Crippen LogP contribution in [0.25, 0.3) is 0 Å². The van der Waals surface area contributed by atoms with Crippen molar-refractivity contribution in [2.45, 2.75) is 38.5 Å². The molecule has 1 fully saturated rings. The third-order valence-electron chi connectivity index (χ3n) is 4.85. The van der Waals surface area contributed by atoms with Crippen LogP contribution in [0.4, 0.5) is 0 Å². The number of carbonyl (C=O) groups excluding carboxylic acids is 1. The number of ether oxygens (including phenoxy) is 1. The van der Waals surface area contributed by atoms with Crippen LogP contribution < -0.4 is 5.32 Å². The van der Waals surface area contributed by atoms with Crippen molar-refractivity contribution in [2.24, 2.45) is 0 Å². The molecule has 1 aromatic carbocycles. The van der Waals surface area contributed by atoms with Crippen LogP contribution in [0.1, 0.15) is 25.1 Å². The molecule has 1 saturated heterocycles. The Morgan fingerprint density at radius 3 is 2.69 bits per heavy atom. The average molecular weight is 353 g/mol. The molecule has 2 aromatic rings. The van der Waals surface area contributed by atoms with Gasteiger partial charge in [-0.25, -0.2) is 0 Å². The molecule has 5 nitrogen and oxygen atoms in total. The lowest BCUT2D eigenvalue weighted by Crippen LogP contribution is -2.62. The highest BCUT2D eigenvalue weighted by molar-refractivity contribution is 5.86. The van der Waals surface area contributed by atoms with E-state index in [4.69, 9.17) is 4.74 Å². The third kappa shape index (κ3) is 4.48. The zero-order valence-corrected chi connectivity index (χ0v) is 15.5. The first-order valence-corrected chi connectivity index (χ1v) is 9.19. The second-order valence-electron chi connectivity index (χ2n) is 7.07. The zero-order valence-electron chi connectivity index (χ0n) is 15.5. The summed E-state index contributed by atoms with van der Waals surface area (Å²) in [4.78, 5) is 19.9. The highest BCUT2D eigenvalue weighted by atomic mass is 16.5. The van der Waals surface area contributed by atoms with E-state index in [1.165, 1.54) is 0 Å². The number of nitrogens with zero attached hydrogens (tertiary/aromatic N) is 2. The number of pyridine rings is 1. The summed E-state index contributed by atoms with van der Waals surface area (Å²) < 4.78 is 6.11. The molecular formula is C21H27N3O2. The van der Waals surface area contributed by atoms with E-state index in [0.29, 0.717) is 32.2 Å². The Morgan fingerprint density at radius 1 is 1.23 bits per heavy atom. The fourth-order valence-electron chi connectivity index (χ4n) is 3.31. The number of amides is 1. The van der Waals surface area contributed by atoms with E-state index in [1.54, 1.807) is 6.20 Å². The van der Waals surface area contributed by atoms with Gasteiger partial charge in [-0.05, 0) is 31.5 Å². The molecule has 3 rings (SSSR count). The topological polar surface area (TPSA) is 54.5 Å². The maximum Gasteiger partial charge on any atom is 0.254 e. The molecule has 1 aliphatic rings. The predicted molar refractivity (Wildman–Crippen MR) is 102 cm³/mol. The molecule has 1 aromatic heterocycles. The monoisotopic (exact) mass is 353 g/mol. The summed E-state index contributed by atoms with van der Waals surface area (Å²) in [5, 5.41) is 3.07. The number of aromatic nitrogens is 1. The van der Waals surface area contributed by atoms with E-state index < -0.39 is 5.60 Å². The Bertz CT molecular complexity index is 706. The summed E-state index contributed by atoms with van der Waals surface area (Å²) in [6.45, 7) is 6.76. The zero-order chi connectivity index (χ0) is 18.4. The van der Waals surface area contributed by atoms with Crippen molar-refractivity contribution in [1.82, 2.24) is 15.2 Å². The first-order valence-electron chi connectivity index (χ1n) is 9.19. The molecule has 0 unspecified atom stereocenters. The number of nitrogens with one attached hydrogen (secondary N) is 1. The van der Waals surface area contributed by atoms with Crippen molar-refractivity contribution in [3.05, 3.63) is 66.0 Å². The molecule has 5 heteroatoms. The quantitative estimate of drug-likeness (QED) is 0.867. The van der Waals surface area contributed by atoms with Gasteiger partial charge in [0, 0.05) is 44.0 Å². The Morgan fingerprint density at radius 2 is 2.00 bits per heavy atom. The fraction of sp³-hybridized carbons (Fsp3) is 0.429. The van der Waals surface area contributed by atoms with Gasteiger partial charge in [0.15, 0.2) is 5.60 Å². The molecule has 0 radical (unpaired) electrons. The lowest BCUT2D eigenvalue weighted by Gasteiger charge is -2.43. The number of carbonyl (C=O) groups is 1. The Balaban J connectivity index is 1.78. The average Bonchev–Trinajstić information content (AvgIpc) is 2.68. The Labute approximate surface area is 155 Å². The maximum atomic E-state index is 13.2. The maximum absolute atomic E-state index is 13.2. The van der Waals surface area contributed by atoms with Gasteiger partial charge in [0.25, 0.3) is 5.91 Å². The molecule has 138 valence electrons. The van der Waals surface area contributed by atoms with Crippen molar-refractivity contribution >= 4 is 5.91 Å². The van der Waals surface area contributed by atoms with Gasteiger partial charge >= 0.3 is 0 Å². The van der Waals surface area contributed by atoms with Gasteiger partial charge in [-0.3, -0.25) is 14.7 Å². The smallest absolute Gasteiger partial charge is 0.254 e. The molecule has 0 saturated carbocycles. The number of hydrogen-bond acceptors (Lipinski definition) is 4. The van der Waals surface area contributed by atoms with Crippen LogP contribution in [0.15, 0.2) is 54.7 Å². The minimum absolute atomic E-state index is 0.0719. The van der Waals surface area contributed by atoms with E-state index in [0.717, 1.165) is 17.8 Å². The van der Waals surface area contributed by atoms with E-state index in [2.05, 4.69) is 29.0 Å².